The first-order valence-electron chi connectivity index (χ1n) is 2.94. The molecule has 0 aliphatic carbocycles. The summed E-state index contributed by atoms with van der Waals surface area (Å²) < 4.78 is 4.76. The number of hydrogen-bond acceptors (Lipinski definition) is 2. The molecule has 1 N–H and O–H groups in total. The van der Waals surface area contributed by atoms with E-state index >= 15 is 0 Å². The largest absolute Gasteiger partial charge is 0.417 e. The summed E-state index contributed by atoms with van der Waals surface area (Å²) in [5.41, 5.74) is 1.35. The quantitative estimate of drug-likeness (QED) is 0.597. The van der Waals surface area contributed by atoms with Gasteiger partial charge in [0.2, 0.25) is 0 Å². The Labute approximate surface area is 57.8 Å². The fourth-order valence-corrected chi connectivity index (χ4v) is 0.894. The Morgan fingerprint density at radius 3 is 3.00 bits per heavy atom. The third-order valence-electron chi connectivity index (χ3n) is 1.33. The van der Waals surface area contributed by atoms with Crippen molar-refractivity contribution in [2.24, 2.45) is 0 Å². The molecule has 1 aromatic heterocycles. The highest BCUT2D eigenvalue weighted by Crippen LogP contribution is 2.06. The first-order valence-corrected chi connectivity index (χ1v) is 2.94. The Morgan fingerprint density at radius 2 is 2.20 bits per heavy atom. The van der Waals surface area contributed by atoms with Crippen LogP contribution in [0.3, 0.4) is 0 Å². The van der Waals surface area contributed by atoms with Crippen molar-refractivity contribution in [3.63, 3.8) is 0 Å². The fraction of sp³-hybridized carbons (Fsp3) is 0. The van der Waals surface area contributed by atoms with Gasteiger partial charge in [0.15, 0.2) is 5.58 Å². The number of hydrogen-bond donors (Lipinski definition) is 1. The Kier molecular flexibility index (Phi) is 0.917. The molecule has 3 heteroatoms. The van der Waals surface area contributed by atoms with Crippen LogP contribution < -0.4 is 5.76 Å². The Morgan fingerprint density at radius 1 is 1.40 bits per heavy atom. The predicted octanol–water partition coefficient (Wildman–Crippen LogP) is 1.37. The number of aromatic amines is 1. The van der Waals surface area contributed by atoms with E-state index in [4.69, 9.17) is 4.42 Å². The standard InChI is InChI=1S/C7H5NO2.H2/c9-7-8-5-3-1-2-4-6(5)10-7;/h1-4H,(H,8,9);1H/i;1+1. The molecule has 0 aliphatic rings. The summed E-state index contributed by atoms with van der Waals surface area (Å²) in [6, 6.07) is 7.19. The SMILES string of the molecule is O=c1[nH]c2ccccc2o1.[2HH]. The number of H-pyrrole nitrogens is 1. The topological polar surface area (TPSA) is 46.0 Å². The molecule has 3 nitrogen and oxygen atoms in total. The summed E-state index contributed by atoms with van der Waals surface area (Å²) in [6.45, 7) is 0. The second kappa shape index (κ2) is 1.73. The van der Waals surface area contributed by atoms with Gasteiger partial charge in [0.25, 0.3) is 0 Å². The van der Waals surface area contributed by atoms with E-state index < -0.39 is 5.76 Å². The van der Waals surface area contributed by atoms with Crippen molar-refractivity contribution in [3.8, 4) is 0 Å². The molecule has 10 heavy (non-hydrogen) atoms. The van der Waals surface area contributed by atoms with Crippen LogP contribution in [0.25, 0.3) is 11.1 Å². The zero-order chi connectivity index (χ0) is 6.97. The minimum absolute atomic E-state index is 0. The van der Waals surface area contributed by atoms with Crippen LogP contribution in [0.1, 0.15) is 1.43 Å². The summed E-state index contributed by atoms with van der Waals surface area (Å²) in [6.07, 6.45) is 0. The molecule has 0 saturated carbocycles. The summed E-state index contributed by atoms with van der Waals surface area (Å²) in [4.78, 5) is 13.1. The number of para-hydroxylation sites is 2. The van der Waals surface area contributed by atoms with E-state index in [1.807, 2.05) is 12.1 Å². The van der Waals surface area contributed by atoms with Crippen LogP contribution in [-0.4, -0.2) is 4.98 Å². The average Bonchev–Trinajstić information content (AvgIpc) is 2.27. The maximum atomic E-state index is 10.6. The molecule has 0 saturated heterocycles. The smallest absolute Gasteiger partial charge is 0.408 e. The van der Waals surface area contributed by atoms with E-state index in [-0.39, 0.29) is 1.43 Å². The van der Waals surface area contributed by atoms with Crippen molar-refractivity contribution in [2.75, 3.05) is 0 Å². The average molecular weight is 138 g/mol. The van der Waals surface area contributed by atoms with E-state index in [1.165, 1.54) is 0 Å². The zero-order valence-corrected chi connectivity index (χ0v) is 5.13. The van der Waals surface area contributed by atoms with Gasteiger partial charge in [-0.1, -0.05) is 12.1 Å². The third kappa shape index (κ3) is 0.639. The molecule has 0 amide bonds. The number of oxazole rings is 1. The van der Waals surface area contributed by atoms with E-state index in [1.54, 1.807) is 12.1 Å². The van der Waals surface area contributed by atoms with Gasteiger partial charge in [-0.05, 0) is 12.1 Å². The van der Waals surface area contributed by atoms with Crippen LogP contribution >= 0.6 is 0 Å². The predicted molar refractivity (Wildman–Crippen MR) is 38.9 cm³/mol. The lowest BCUT2D eigenvalue weighted by molar-refractivity contribution is 0.555. The highest BCUT2D eigenvalue weighted by molar-refractivity contribution is 5.71. The minimum Gasteiger partial charge on any atom is -0.408 e. The van der Waals surface area contributed by atoms with Gasteiger partial charge in [0.05, 0.1) is 5.52 Å². The second-order valence-electron chi connectivity index (χ2n) is 2.01. The van der Waals surface area contributed by atoms with Crippen LogP contribution in [0.2, 0.25) is 0 Å². The molecular formula is C7H7NO2. The molecule has 1 heterocycles. The number of aromatic nitrogens is 1. The molecule has 0 unspecified atom stereocenters. The first kappa shape index (κ1) is 5.29. The van der Waals surface area contributed by atoms with Gasteiger partial charge < -0.3 is 4.42 Å². The van der Waals surface area contributed by atoms with Crippen molar-refractivity contribution in [1.29, 1.82) is 0 Å². The monoisotopic (exact) mass is 138 g/mol. The van der Waals surface area contributed by atoms with Gasteiger partial charge in [-0.15, -0.1) is 0 Å². The molecule has 0 radical (unpaired) electrons. The van der Waals surface area contributed by atoms with Crippen molar-refractivity contribution < 1.29 is 5.84 Å². The lowest BCUT2D eigenvalue weighted by Crippen LogP contribution is -1.92. The molecule has 0 aliphatic heterocycles. The van der Waals surface area contributed by atoms with E-state index in [9.17, 15) is 4.79 Å². The summed E-state index contributed by atoms with van der Waals surface area (Å²) in [7, 11) is 0. The van der Waals surface area contributed by atoms with Crippen LogP contribution in [0.4, 0.5) is 0 Å². The molecular weight excluding hydrogens is 130 g/mol. The highest BCUT2D eigenvalue weighted by atomic mass is 16.4. The normalized spacial score (nSPS) is 10.4. The molecule has 0 bridgehead atoms. The molecule has 1 aromatic carbocycles. The minimum atomic E-state index is -0.402. The van der Waals surface area contributed by atoms with Crippen LogP contribution in [0.15, 0.2) is 33.5 Å². The van der Waals surface area contributed by atoms with E-state index in [0.717, 1.165) is 5.52 Å². The highest BCUT2D eigenvalue weighted by Gasteiger charge is 1.95. The van der Waals surface area contributed by atoms with Crippen LogP contribution in [-0.2, 0) is 0 Å². The van der Waals surface area contributed by atoms with Gasteiger partial charge >= 0.3 is 5.76 Å². The van der Waals surface area contributed by atoms with Crippen molar-refractivity contribution >= 4 is 11.1 Å². The number of benzene rings is 1. The third-order valence-corrected chi connectivity index (χ3v) is 1.33. The maximum absolute atomic E-state index is 10.6. The first-order chi connectivity index (χ1) is 4.86. The number of fused-ring (bicyclic) bond motifs is 1. The summed E-state index contributed by atoms with van der Waals surface area (Å²) >= 11 is 0. The Balaban J connectivity index is 0.000000605. The van der Waals surface area contributed by atoms with E-state index in [0.29, 0.717) is 5.58 Å². The summed E-state index contributed by atoms with van der Waals surface area (Å²) in [5, 5.41) is 0. The molecule has 2 aromatic rings. The van der Waals surface area contributed by atoms with Gasteiger partial charge in [0, 0.05) is 1.43 Å². The van der Waals surface area contributed by atoms with Crippen molar-refractivity contribution in [2.45, 2.75) is 0 Å². The molecule has 2 rings (SSSR count). The zero-order valence-electron chi connectivity index (χ0n) is 5.13. The fourth-order valence-electron chi connectivity index (χ4n) is 0.894. The molecule has 0 atom stereocenters. The second-order valence-corrected chi connectivity index (χ2v) is 2.01. The Hall–Kier alpha value is -1.51. The molecule has 52 valence electrons. The van der Waals surface area contributed by atoms with Gasteiger partial charge in [-0.25, -0.2) is 4.79 Å². The van der Waals surface area contributed by atoms with Gasteiger partial charge in [-0.2, -0.15) is 0 Å². The van der Waals surface area contributed by atoms with Crippen molar-refractivity contribution in [1.82, 2.24) is 4.98 Å². The molecule has 0 spiro atoms. The van der Waals surface area contributed by atoms with Crippen LogP contribution in [0, 0.1) is 0 Å². The van der Waals surface area contributed by atoms with Crippen LogP contribution in [0.5, 0.6) is 0 Å². The lowest BCUT2D eigenvalue weighted by Gasteiger charge is -1.79. The van der Waals surface area contributed by atoms with Gasteiger partial charge in [0.1, 0.15) is 0 Å². The number of rotatable bonds is 0. The summed E-state index contributed by atoms with van der Waals surface area (Å²) in [5.74, 6) is -0.402. The van der Waals surface area contributed by atoms with Crippen molar-refractivity contribution in [3.05, 3.63) is 34.8 Å². The van der Waals surface area contributed by atoms with E-state index in [2.05, 4.69) is 4.98 Å². The molecule has 0 fully saturated rings. The van der Waals surface area contributed by atoms with Gasteiger partial charge in [-0.3, -0.25) is 4.98 Å². The Bertz CT molecular complexity index is 368. The maximum Gasteiger partial charge on any atom is 0.417 e. The number of nitrogens with one attached hydrogen (secondary N) is 1. The lowest BCUT2D eigenvalue weighted by atomic mass is 10.3.